The fraction of sp³-hybridized carbons (Fsp3) is 0.474. The minimum Gasteiger partial charge on any atom is -0.477 e. The van der Waals surface area contributed by atoms with Gasteiger partial charge in [-0.25, -0.2) is 4.79 Å². The number of carbonyl (C=O) groups is 3. The Morgan fingerprint density at radius 1 is 1.31 bits per heavy atom. The number of aromatic nitrogens is 4. The molecule has 2 aromatic rings. The summed E-state index contributed by atoms with van der Waals surface area (Å²) in [7, 11) is 0. The number of hydrogen-bond donors (Lipinski definition) is 2. The summed E-state index contributed by atoms with van der Waals surface area (Å²) in [6, 6.07) is -0.940. The second-order valence-electron chi connectivity index (χ2n) is 7.81. The minimum absolute atomic E-state index is 0.0656. The van der Waals surface area contributed by atoms with E-state index in [1.54, 1.807) is 0 Å². The van der Waals surface area contributed by atoms with E-state index in [1.165, 1.54) is 41.8 Å². The smallest absolute Gasteiger partial charge is 0.436 e. The van der Waals surface area contributed by atoms with Gasteiger partial charge in [-0.3, -0.25) is 19.2 Å². The first kappa shape index (κ1) is 26.8. The van der Waals surface area contributed by atoms with Crippen molar-refractivity contribution in [1.29, 1.82) is 0 Å². The second-order valence-corrected chi connectivity index (χ2v) is 11.7. The van der Waals surface area contributed by atoms with Crippen molar-refractivity contribution >= 4 is 64.2 Å². The van der Waals surface area contributed by atoms with Crippen molar-refractivity contribution in [2.24, 2.45) is 0 Å². The van der Waals surface area contributed by atoms with Crippen molar-refractivity contribution in [2.45, 2.75) is 48.7 Å². The highest BCUT2D eigenvalue weighted by atomic mass is 35.5. The van der Waals surface area contributed by atoms with Crippen LogP contribution in [0.5, 0.6) is 0 Å². The van der Waals surface area contributed by atoms with E-state index in [1.807, 2.05) is 6.92 Å². The predicted molar refractivity (Wildman–Crippen MR) is 127 cm³/mol. The molecule has 2 N–H and O–H groups in total. The zero-order valence-corrected chi connectivity index (χ0v) is 21.8. The zero-order valence-electron chi connectivity index (χ0n) is 18.6. The third-order valence-electron chi connectivity index (χ3n) is 5.40. The van der Waals surface area contributed by atoms with Crippen LogP contribution in [0.3, 0.4) is 0 Å². The summed E-state index contributed by atoms with van der Waals surface area (Å²) < 4.78 is 40.6. The van der Waals surface area contributed by atoms with Crippen molar-refractivity contribution in [3.8, 4) is 0 Å². The van der Waals surface area contributed by atoms with Crippen LogP contribution in [0, 0.1) is 13.8 Å². The number of halogens is 4. The number of aliphatic carboxylic acids is 1. The number of carbonyl (C=O) groups excluding carboxylic acids is 2. The molecule has 4 heterocycles. The van der Waals surface area contributed by atoms with Crippen molar-refractivity contribution in [3.05, 3.63) is 32.7 Å². The molecule has 0 radical (unpaired) electrons. The van der Waals surface area contributed by atoms with E-state index in [0.717, 1.165) is 14.6 Å². The average Bonchev–Trinajstić information content (AvgIpc) is 3.36. The lowest BCUT2D eigenvalue weighted by atomic mass is 10.0. The van der Waals surface area contributed by atoms with Gasteiger partial charge in [-0.2, -0.15) is 18.3 Å². The highest BCUT2D eigenvalue weighted by Gasteiger charge is 2.54. The molecule has 2 aliphatic rings. The molecule has 0 saturated carbocycles. The number of rotatable bonds is 8. The number of hydrogen-bond acceptors (Lipinski definition) is 9. The topological polar surface area (TPSA) is 130 Å². The first-order chi connectivity index (χ1) is 16.9. The Balaban J connectivity index is 1.38. The summed E-state index contributed by atoms with van der Waals surface area (Å²) in [5.74, 6) is -1.72. The van der Waals surface area contributed by atoms with Gasteiger partial charge >= 0.3 is 12.1 Å². The normalized spacial score (nSPS) is 19.8. The van der Waals surface area contributed by atoms with Gasteiger partial charge in [-0.1, -0.05) is 34.7 Å². The lowest BCUT2D eigenvalue weighted by Gasteiger charge is -2.49. The van der Waals surface area contributed by atoms with Crippen molar-refractivity contribution in [1.82, 2.24) is 30.2 Å². The van der Waals surface area contributed by atoms with E-state index < -0.39 is 46.1 Å². The molecular formula is C19H18ClF3N6O4S3. The van der Waals surface area contributed by atoms with E-state index in [4.69, 9.17) is 11.6 Å². The fourth-order valence-electron chi connectivity index (χ4n) is 3.66. The maximum Gasteiger partial charge on any atom is 0.436 e. The fourth-order valence-corrected chi connectivity index (χ4v) is 7.20. The Morgan fingerprint density at radius 3 is 2.61 bits per heavy atom. The zero-order chi connectivity index (χ0) is 26.4. The van der Waals surface area contributed by atoms with Gasteiger partial charge in [0, 0.05) is 17.9 Å². The van der Waals surface area contributed by atoms with Crippen molar-refractivity contribution in [2.75, 3.05) is 11.5 Å². The molecule has 0 aliphatic carbocycles. The molecule has 0 bridgehead atoms. The number of alkyl halides is 3. The molecule has 0 unspecified atom stereocenters. The third kappa shape index (κ3) is 5.21. The SMILES string of the molecule is Cc1nnc(SCC2=C(C(=O)O)N3C(=O)[C@H](NC(=O)CCn4nc(C(F)(F)F)c(Cl)c4C)[C@H]3SC2)s1. The van der Waals surface area contributed by atoms with Crippen LogP contribution in [0.15, 0.2) is 15.6 Å². The van der Waals surface area contributed by atoms with Crippen LogP contribution < -0.4 is 5.32 Å². The van der Waals surface area contributed by atoms with Gasteiger partial charge in [0.05, 0.1) is 17.3 Å². The van der Waals surface area contributed by atoms with E-state index in [0.29, 0.717) is 21.4 Å². The summed E-state index contributed by atoms with van der Waals surface area (Å²) in [5.41, 5.74) is -0.708. The molecule has 2 amide bonds. The molecule has 2 aliphatic heterocycles. The molecule has 1 fully saturated rings. The number of carboxylic acids is 1. The van der Waals surface area contributed by atoms with E-state index in [-0.39, 0.29) is 24.4 Å². The quantitative estimate of drug-likeness (QED) is 0.356. The van der Waals surface area contributed by atoms with E-state index in [2.05, 4.69) is 20.6 Å². The number of carboxylic acid groups (broad SMARTS) is 1. The van der Waals surface area contributed by atoms with Crippen molar-refractivity contribution < 1.29 is 32.7 Å². The third-order valence-corrected chi connectivity index (χ3v) is 9.25. The number of nitrogens with one attached hydrogen (secondary N) is 1. The Bertz CT molecular complexity index is 1260. The minimum atomic E-state index is -4.72. The summed E-state index contributed by atoms with van der Waals surface area (Å²) >= 11 is 9.76. The van der Waals surface area contributed by atoms with Crippen LogP contribution in [0.25, 0.3) is 0 Å². The maximum atomic E-state index is 13.0. The van der Waals surface area contributed by atoms with E-state index in [9.17, 15) is 32.7 Å². The molecule has 0 aromatic carbocycles. The number of fused-ring (bicyclic) bond motifs is 1. The van der Waals surface area contributed by atoms with Gasteiger partial charge in [-0.05, 0) is 19.4 Å². The number of thioether (sulfide) groups is 2. The second kappa shape index (κ2) is 10.2. The number of amides is 2. The Kier molecular flexibility index (Phi) is 7.60. The molecule has 2 aromatic heterocycles. The Labute approximate surface area is 219 Å². The first-order valence-corrected chi connectivity index (χ1v) is 13.5. The van der Waals surface area contributed by atoms with Gasteiger partial charge in [0.25, 0.3) is 5.91 Å². The monoisotopic (exact) mass is 582 g/mol. The van der Waals surface area contributed by atoms with Crippen LogP contribution in [-0.2, 0) is 27.1 Å². The number of β-lactam (4-membered cyclic amide) rings is 1. The Hall–Kier alpha value is -2.30. The molecule has 2 atom stereocenters. The molecule has 36 heavy (non-hydrogen) atoms. The summed E-state index contributed by atoms with van der Waals surface area (Å²) in [5, 5.41) is 23.3. The standard InChI is InChI=1S/C19H18ClF3N6O4S3/c1-7-11(20)14(19(21,22)23)27-28(7)4-3-10(30)24-12-15(31)29-13(17(32)33)9(5-34-16(12)29)6-35-18-26-25-8(2)36-18/h12,16H,3-6H2,1-2H3,(H,24,30)(H,32,33)/t12-,16+/m0/s1. The lowest BCUT2D eigenvalue weighted by molar-refractivity contribution is -0.150. The molecule has 17 heteroatoms. The van der Waals surface area contributed by atoms with Crippen LogP contribution >= 0.6 is 46.5 Å². The first-order valence-electron chi connectivity index (χ1n) is 10.3. The lowest BCUT2D eigenvalue weighted by Crippen LogP contribution is -2.70. The van der Waals surface area contributed by atoms with Gasteiger partial charge in [-0.15, -0.1) is 22.0 Å². The number of aryl methyl sites for hydroxylation is 2. The van der Waals surface area contributed by atoms with Crippen molar-refractivity contribution in [3.63, 3.8) is 0 Å². The largest absolute Gasteiger partial charge is 0.477 e. The Morgan fingerprint density at radius 2 is 2.03 bits per heavy atom. The highest BCUT2D eigenvalue weighted by Crippen LogP contribution is 2.42. The van der Waals surface area contributed by atoms with Gasteiger partial charge < -0.3 is 10.4 Å². The van der Waals surface area contributed by atoms with Crippen LogP contribution in [-0.4, -0.2) is 70.7 Å². The van der Waals surface area contributed by atoms with Crippen LogP contribution in [0.2, 0.25) is 5.02 Å². The molecule has 4 rings (SSSR count). The summed E-state index contributed by atoms with van der Waals surface area (Å²) in [6.07, 6.45) is -4.97. The summed E-state index contributed by atoms with van der Waals surface area (Å²) in [6.45, 7) is 2.99. The molecule has 0 spiro atoms. The van der Waals surface area contributed by atoms with E-state index >= 15 is 0 Å². The van der Waals surface area contributed by atoms with Gasteiger partial charge in [0.1, 0.15) is 22.1 Å². The van der Waals surface area contributed by atoms with Crippen LogP contribution in [0.1, 0.15) is 22.8 Å². The molecular weight excluding hydrogens is 565 g/mol. The molecule has 10 nitrogen and oxygen atoms in total. The van der Waals surface area contributed by atoms with Crippen LogP contribution in [0.4, 0.5) is 13.2 Å². The van der Waals surface area contributed by atoms with Gasteiger partial charge in [0.15, 0.2) is 10.0 Å². The summed E-state index contributed by atoms with van der Waals surface area (Å²) in [4.78, 5) is 38.3. The number of nitrogens with zero attached hydrogens (tertiary/aromatic N) is 5. The highest BCUT2D eigenvalue weighted by molar-refractivity contribution is 8.01. The average molecular weight is 583 g/mol. The molecule has 1 saturated heterocycles. The van der Waals surface area contributed by atoms with Gasteiger partial charge in [0.2, 0.25) is 5.91 Å². The molecule has 194 valence electrons. The predicted octanol–water partition coefficient (Wildman–Crippen LogP) is 2.94. The maximum absolute atomic E-state index is 13.0.